The first kappa shape index (κ1) is 13.7. The zero-order valence-corrected chi connectivity index (χ0v) is 10.7. The lowest BCUT2D eigenvalue weighted by Crippen LogP contribution is -2.59. The second-order valence-corrected chi connectivity index (χ2v) is 4.50. The third-order valence-corrected chi connectivity index (χ3v) is 3.24. The van der Waals surface area contributed by atoms with Gasteiger partial charge >= 0.3 is 6.03 Å². The van der Waals surface area contributed by atoms with Gasteiger partial charge in [0.05, 0.1) is 0 Å². The van der Waals surface area contributed by atoms with Crippen molar-refractivity contribution in [1.82, 2.24) is 10.2 Å². The summed E-state index contributed by atoms with van der Waals surface area (Å²) in [5.74, 6) is -1.56. The van der Waals surface area contributed by atoms with Crippen LogP contribution in [0.15, 0.2) is 0 Å². The van der Waals surface area contributed by atoms with Crippen molar-refractivity contribution in [3.63, 3.8) is 0 Å². The summed E-state index contributed by atoms with van der Waals surface area (Å²) in [7, 11) is 0. The lowest BCUT2D eigenvalue weighted by molar-refractivity contribution is -0.144. The van der Waals surface area contributed by atoms with Gasteiger partial charge in [-0.05, 0) is 12.3 Å². The number of amides is 4. The molecule has 0 aliphatic carbocycles. The van der Waals surface area contributed by atoms with Gasteiger partial charge < -0.3 is 0 Å². The third-order valence-electron chi connectivity index (χ3n) is 3.24. The molecule has 2 unspecified atom stereocenters. The summed E-state index contributed by atoms with van der Waals surface area (Å²) < 4.78 is 0. The van der Waals surface area contributed by atoms with Crippen molar-refractivity contribution in [1.29, 1.82) is 0 Å². The van der Waals surface area contributed by atoms with Crippen molar-refractivity contribution in [3.05, 3.63) is 0 Å². The molecule has 96 valence electrons. The Bertz CT molecular complexity index is 328. The topological polar surface area (TPSA) is 66.5 Å². The summed E-state index contributed by atoms with van der Waals surface area (Å²) in [6, 6.07) is -0.576. The highest BCUT2D eigenvalue weighted by molar-refractivity contribution is 6.16. The Hall–Kier alpha value is -1.39. The summed E-state index contributed by atoms with van der Waals surface area (Å²) >= 11 is 0. The van der Waals surface area contributed by atoms with E-state index in [4.69, 9.17) is 0 Å². The predicted octanol–water partition coefficient (Wildman–Crippen LogP) is 1.53. The molecular formula is C12H20N2O3. The molecule has 0 bridgehead atoms. The van der Waals surface area contributed by atoms with E-state index in [9.17, 15) is 14.4 Å². The van der Waals surface area contributed by atoms with Crippen LogP contribution in [0.2, 0.25) is 0 Å². The minimum atomic E-state index is -0.713. The zero-order chi connectivity index (χ0) is 13.0. The second kappa shape index (κ2) is 5.80. The molecule has 0 saturated carbocycles. The van der Waals surface area contributed by atoms with E-state index in [0.717, 1.165) is 19.3 Å². The van der Waals surface area contributed by atoms with E-state index in [1.54, 1.807) is 0 Å². The van der Waals surface area contributed by atoms with Crippen molar-refractivity contribution in [2.45, 2.75) is 40.0 Å². The molecule has 5 nitrogen and oxygen atoms in total. The highest BCUT2D eigenvalue weighted by atomic mass is 16.2. The molecule has 1 saturated heterocycles. The molecule has 1 fully saturated rings. The van der Waals surface area contributed by atoms with E-state index in [0.29, 0.717) is 6.54 Å². The van der Waals surface area contributed by atoms with Crippen LogP contribution in [0.1, 0.15) is 40.0 Å². The Morgan fingerprint density at radius 1 is 1.29 bits per heavy atom. The first-order chi connectivity index (χ1) is 8.02. The highest BCUT2D eigenvalue weighted by Crippen LogP contribution is 2.21. The number of carbonyl (C=O) groups is 3. The Labute approximate surface area is 102 Å². The molecule has 1 heterocycles. The number of hydrogen-bond acceptors (Lipinski definition) is 3. The van der Waals surface area contributed by atoms with Crippen molar-refractivity contribution in [3.8, 4) is 0 Å². The number of nitrogens with zero attached hydrogens (tertiary/aromatic N) is 1. The van der Waals surface area contributed by atoms with Crippen LogP contribution in [-0.4, -0.2) is 29.3 Å². The Balaban J connectivity index is 2.83. The first-order valence-electron chi connectivity index (χ1n) is 6.19. The maximum Gasteiger partial charge on any atom is 0.330 e. The van der Waals surface area contributed by atoms with E-state index in [2.05, 4.69) is 5.32 Å². The van der Waals surface area contributed by atoms with Crippen LogP contribution in [-0.2, 0) is 9.59 Å². The molecule has 1 aliphatic rings. The van der Waals surface area contributed by atoms with Crippen LogP contribution in [0, 0.1) is 11.8 Å². The number of unbranched alkanes of at least 4 members (excludes halogenated alkanes) is 1. The van der Waals surface area contributed by atoms with E-state index in [1.165, 1.54) is 4.90 Å². The van der Waals surface area contributed by atoms with Gasteiger partial charge in [-0.2, -0.15) is 0 Å². The smallest absolute Gasteiger partial charge is 0.277 e. The molecule has 5 heteroatoms. The van der Waals surface area contributed by atoms with Crippen molar-refractivity contribution < 1.29 is 14.4 Å². The normalized spacial score (nSPS) is 22.6. The number of rotatable bonds is 5. The molecule has 0 aromatic carbocycles. The third kappa shape index (κ3) is 2.84. The summed E-state index contributed by atoms with van der Waals surface area (Å²) in [6.45, 7) is 6.17. The van der Waals surface area contributed by atoms with Crippen LogP contribution in [0.5, 0.6) is 0 Å². The van der Waals surface area contributed by atoms with Gasteiger partial charge in [-0.15, -0.1) is 0 Å². The number of barbiturate groups is 1. The molecule has 1 rings (SSSR count). The van der Waals surface area contributed by atoms with Crippen LogP contribution in [0.25, 0.3) is 0 Å². The van der Waals surface area contributed by atoms with Gasteiger partial charge in [0.2, 0.25) is 11.8 Å². The summed E-state index contributed by atoms with van der Waals surface area (Å²) in [5, 5.41) is 2.26. The number of imide groups is 2. The molecule has 1 N–H and O–H groups in total. The van der Waals surface area contributed by atoms with Crippen LogP contribution >= 0.6 is 0 Å². The monoisotopic (exact) mass is 240 g/mol. The lowest BCUT2D eigenvalue weighted by atomic mass is 9.88. The Morgan fingerprint density at radius 2 is 1.94 bits per heavy atom. The molecule has 0 spiro atoms. The fourth-order valence-electron chi connectivity index (χ4n) is 1.90. The van der Waals surface area contributed by atoms with Crippen LogP contribution in [0.4, 0.5) is 4.79 Å². The molecule has 17 heavy (non-hydrogen) atoms. The summed E-state index contributed by atoms with van der Waals surface area (Å²) in [4.78, 5) is 36.5. The quantitative estimate of drug-likeness (QED) is 0.741. The summed E-state index contributed by atoms with van der Waals surface area (Å²) in [5.41, 5.74) is 0. The zero-order valence-electron chi connectivity index (χ0n) is 10.7. The lowest BCUT2D eigenvalue weighted by Gasteiger charge is -2.32. The maximum absolute atomic E-state index is 12.1. The van der Waals surface area contributed by atoms with Gasteiger partial charge in [-0.3, -0.25) is 19.8 Å². The molecular weight excluding hydrogens is 220 g/mol. The van der Waals surface area contributed by atoms with Gasteiger partial charge in [0.15, 0.2) is 0 Å². The minimum Gasteiger partial charge on any atom is -0.277 e. The van der Waals surface area contributed by atoms with Crippen molar-refractivity contribution in [2.24, 2.45) is 11.8 Å². The van der Waals surface area contributed by atoms with Gasteiger partial charge in [-0.25, -0.2) is 4.79 Å². The minimum absolute atomic E-state index is 0.0419. The largest absolute Gasteiger partial charge is 0.330 e. The van der Waals surface area contributed by atoms with Crippen LogP contribution in [0.3, 0.4) is 0 Å². The molecule has 4 amide bonds. The number of hydrogen-bond donors (Lipinski definition) is 1. The molecule has 0 aromatic heterocycles. The van der Waals surface area contributed by atoms with E-state index < -0.39 is 17.9 Å². The van der Waals surface area contributed by atoms with E-state index >= 15 is 0 Å². The first-order valence-corrected chi connectivity index (χ1v) is 6.19. The Morgan fingerprint density at radius 3 is 2.47 bits per heavy atom. The number of urea groups is 1. The van der Waals surface area contributed by atoms with Gasteiger partial charge in [0.25, 0.3) is 0 Å². The average molecular weight is 240 g/mol. The van der Waals surface area contributed by atoms with Gasteiger partial charge in [-0.1, -0.05) is 33.6 Å². The number of carbonyl (C=O) groups excluding carboxylic acids is 3. The highest BCUT2D eigenvalue weighted by Gasteiger charge is 2.42. The number of nitrogens with one attached hydrogen (secondary N) is 1. The fourth-order valence-corrected chi connectivity index (χ4v) is 1.90. The molecule has 2 atom stereocenters. The van der Waals surface area contributed by atoms with Gasteiger partial charge in [0, 0.05) is 6.54 Å². The average Bonchev–Trinajstić information content (AvgIpc) is 2.28. The van der Waals surface area contributed by atoms with E-state index in [-0.39, 0.29) is 11.8 Å². The van der Waals surface area contributed by atoms with E-state index in [1.807, 2.05) is 20.8 Å². The van der Waals surface area contributed by atoms with Gasteiger partial charge in [0.1, 0.15) is 5.92 Å². The maximum atomic E-state index is 12.1. The fraction of sp³-hybridized carbons (Fsp3) is 0.750. The van der Waals surface area contributed by atoms with Crippen LogP contribution < -0.4 is 5.32 Å². The summed E-state index contributed by atoms with van der Waals surface area (Å²) in [6.07, 6.45) is 2.40. The molecule has 0 radical (unpaired) electrons. The standard InChI is InChI=1S/C12H20N2O3/c1-4-6-7-14-11(16)9(8(3)5-2)10(15)13-12(14)17/h8-9H,4-7H2,1-3H3,(H,13,15,17). The SMILES string of the molecule is CCCCN1C(=O)NC(=O)C(C(C)CC)C1=O. The molecule has 1 aliphatic heterocycles. The Kier molecular flexibility index (Phi) is 4.66. The second-order valence-electron chi connectivity index (χ2n) is 4.50. The van der Waals surface area contributed by atoms with Crippen molar-refractivity contribution in [2.75, 3.05) is 6.54 Å². The molecule has 0 aromatic rings. The van der Waals surface area contributed by atoms with Crippen molar-refractivity contribution >= 4 is 17.8 Å². The predicted molar refractivity (Wildman–Crippen MR) is 63.1 cm³/mol.